The fourth-order valence-electron chi connectivity index (χ4n) is 3.35. The molecule has 0 N–H and O–H groups in total. The molecule has 2 atom stereocenters. The summed E-state index contributed by atoms with van der Waals surface area (Å²) < 4.78 is 22.7. The van der Waals surface area contributed by atoms with E-state index in [0.29, 0.717) is 33.4 Å². The van der Waals surface area contributed by atoms with Crippen LogP contribution >= 0.6 is 0 Å². The molecule has 0 amide bonds. The Hall–Kier alpha value is -2.95. The molecule has 2 aliphatic heterocycles. The summed E-state index contributed by atoms with van der Waals surface area (Å²) in [4.78, 5) is 12.9. The summed E-state index contributed by atoms with van der Waals surface area (Å²) in [6.45, 7) is 0. The zero-order chi connectivity index (χ0) is 15.6. The van der Waals surface area contributed by atoms with Gasteiger partial charge in [-0.3, -0.25) is 4.79 Å². The van der Waals surface area contributed by atoms with Crippen molar-refractivity contribution in [1.29, 1.82) is 0 Å². The number of para-hydroxylation sites is 1. The Labute approximate surface area is 130 Å². The van der Waals surface area contributed by atoms with Crippen molar-refractivity contribution >= 4 is 21.9 Å². The minimum Gasteiger partial charge on any atom is -0.496 e. The van der Waals surface area contributed by atoms with Gasteiger partial charge in [-0.05, 0) is 18.2 Å². The van der Waals surface area contributed by atoms with Gasteiger partial charge in [0.1, 0.15) is 28.1 Å². The molecule has 1 aromatic heterocycles. The summed E-state index contributed by atoms with van der Waals surface area (Å²) in [7, 11) is 1.53. The highest BCUT2D eigenvalue weighted by molar-refractivity contribution is 5.96. The Morgan fingerprint density at radius 3 is 2.96 bits per heavy atom. The lowest BCUT2D eigenvalue weighted by Crippen LogP contribution is -2.14. The van der Waals surface area contributed by atoms with Gasteiger partial charge in [0.2, 0.25) is 5.43 Å². The van der Waals surface area contributed by atoms with Gasteiger partial charge in [0.15, 0.2) is 0 Å². The monoisotopic (exact) mass is 308 g/mol. The molecule has 0 fully saturated rings. The fraction of sp³-hybridized carbons (Fsp3) is 0.167. The molecular formula is C18H12O5. The summed E-state index contributed by atoms with van der Waals surface area (Å²) in [6, 6.07) is 8.94. The fourth-order valence-corrected chi connectivity index (χ4v) is 3.35. The molecular weight excluding hydrogens is 296 g/mol. The Kier molecular flexibility index (Phi) is 2.34. The van der Waals surface area contributed by atoms with Crippen molar-refractivity contribution in [3.8, 4) is 11.5 Å². The maximum Gasteiger partial charge on any atom is 0.250 e. The lowest BCUT2D eigenvalue weighted by Gasteiger charge is -2.10. The molecule has 0 radical (unpaired) electrons. The number of methoxy groups -OCH3 is 1. The van der Waals surface area contributed by atoms with E-state index in [1.807, 2.05) is 18.2 Å². The Bertz CT molecular complexity index is 1050. The van der Waals surface area contributed by atoms with Crippen molar-refractivity contribution in [3.63, 3.8) is 0 Å². The van der Waals surface area contributed by atoms with Crippen LogP contribution in [0.2, 0.25) is 0 Å². The Morgan fingerprint density at radius 1 is 1.22 bits per heavy atom. The van der Waals surface area contributed by atoms with E-state index in [0.717, 1.165) is 5.56 Å². The average molecular weight is 308 g/mol. The van der Waals surface area contributed by atoms with Crippen LogP contribution in [0.25, 0.3) is 21.9 Å². The molecule has 3 aromatic rings. The zero-order valence-corrected chi connectivity index (χ0v) is 12.2. The number of ether oxygens (including phenoxy) is 3. The van der Waals surface area contributed by atoms with E-state index in [-0.39, 0.29) is 11.3 Å². The SMILES string of the molecule is COc1cc2c(c3oc4ccccc4c(=O)c13)C1C=COC1O2. The van der Waals surface area contributed by atoms with Crippen molar-refractivity contribution in [2.45, 2.75) is 12.2 Å². The van der Waals surface area contributed by atoms with E-state index in [1.54, 1.807) is 24.5 Å². The molecule has 0 saturated carbocycles. The minimum atomic E-state index is -0.405. The van der Waals surface area contributed by atoms with Crippen molar-refractivity contribution in [2.24, 2.45) is 0 Å². The predicted molar refractivity (Wildman–Crippen MR) is 83.9 cm³/mol. The summed E-state index contributed by atoms with van der Waals surface area (Å²) in [5, 5.41) is 0.974. The second-order valence-corrected chi connectivity index (χ2v) is 5.60. The van der Waals surface area contributed by atoms with Crippen LogP contribution in [-0.2, 0) is 4.74 Å². The topological polar surface area (TPSA) is 57.9 Å². The van der Waals surface area contributed by atoms with E-state index >= 15 is 0 Å². The first-order valence-corrected chi connectivity index (χ1v) is 7.33. The zero-order valence-electron chi connectivity index (χ0n) is 12.2. The van der Waals surface area contributed by atoms with Gasteiger partial charge in [-0.15, -0.1) is 0 Å². The molecule has 23 heavy (non-hydrogen) atoms. The third-order valence-electron chi connectivity index (χ3n) is 4.40. The number of fused-ring (bicyclic) bond motifs is 6. The van der Waals surface area contributed by atoms with Crippen LogP contribution in [-0.4, -0.2) is 13.4 Å². The minimum absolute atomic E-state index is 0.0808. The van der Waals surface area contributed by atoms with Gasteiger partial charge >= 0.3 is 0 Å². The molecule has 0 aliphatic carbocycles. The third kappa shape index (κ3) is 1.54. The summed E-state index contributed by atoms with van der Waals surface area (Å²) in [6.07, 6.45) is 3.13. The van der Waals surface area contributed by atoms with Crippen LogP contribution < -0.4 is 14.9 Å². The lowest BCUT2D eigenvalue weighted by molar-refractivity contribution is -0.00484. The van der Waals surface area contributed by atoms with Crippen LogP contribution in [0.5, 0.6) is 11.5 Å². The average Bonchev–Trinajstić information content (AvgIpc) is 3.14. The molecule has 5 rings (SSSR count). The highest BCUT2D eigenvalue weighted by Crippen LogP contribution is 2.48. The highest BCUT2D eigenvalue weighted by atomic mass is 16.7. The van der Waals surface area contributed by atoms with Gasteiger partial charge in [0.05, 0.1) is 30.2 Å². The van der Waals surface area contributed by atoms with Crippen LogP contribution in [0.1, 0.15) is 11.5 Å². The molecule has 2 aliphatic rings. The van der Waals surface area contributed by atoms with Crippen molar-refractivity contribution < 1.29 is 18.6 Å². The highest BCUT2D eigenvalue weighted by Gasteiger charge is 2.40. The van der Waals surface area contributed by atoms with Crippen molar-refractivity contribution in [2.75, 3.05) is 7.11 Å². The van der Waals surface area contributed by atoms with Crippen LogP contribution in [0, 0.1) is 0 Å². The van der Waals surface area contributed by atoms with Gasteiger partial charge in [-0.2, -0.15) is 0 Å². The standard InChI is InChI=1S/C18H12O5/c1-20-12-8-13-14(10-6-7-21-18(10)23-13)17-15(12)16(19)9-4-2-3-5-11(9)22-17/h2-8,10,18H,1H3. The largest absolute Gasteiger partial charge is 0.496 e. The van der Waals surface area contributed by atoms with E-state index < -0.39 is 6.29 Å². The molecule has 0 spiro atoms. The van der Waals surface area contributed by atoms with Crippen molar-refractivity contribution in [1.82, 2.24) is 0 Å². The van der Waals surface area contributed by atoms with Gasteiger partial charge in [0.25, 0.3) is 6.29 Å². The number of hydrogen-bond acceptors (Lipinski definition) is 5. The summed E-state index contributed by atoms with van der Waals surface area (Å²) in [5.74, 6) is 0.997. The molecule has 5 nitrogen and oxygen atoms in total. The van der Waals surface area contributed by atoms with Crippen LogP contribution in [0.3, 0.4) is 0 Å². The van der Waals surface area contributed by atoms with Gasteiger partial charge in [-0.1, -0.05) is 12.1 Å². The molecule has 0 bridgehead atoms. The molecule has 114 valence electrons. The van der Waals surface area contributed by atoms with Crippen LogP contribution in [0.4, 0.5) is 0 Å². The van der Waals surface area contributed by atoms with Gasteiger partial charge < -0.3 is 18.6 Å². The van der Waals surface area contributed by atoms with Gasteiger partial charge in [0, 0.05) is 6.07 Å². The third-order valence-corrected chi connectivity index (χ3v) is 4.40. The summed E-state index contributed by atoms with van der Waals surface area (Å²) >= 11 is 0. The quantitative estimate of drug-likeness (QED) is 0.646. The van der Waals surface area contributed by atoms with E-state index in [9.17, 15) is 4.79 Å². The second kappa shape index (κ2) is 4.29. The Morgan fingerprint density at radius 2 is 2.09 bits per heavy atom. The predicted octanol–water partition coefficient (Wildman–Crippen LogP) is 3.30. The Balaban J connectivity index is 1.99. The smallest absolute Gasteiger partial charge is 0.250 e. The van der Waals surface area contributed by atoms with E-state index in [4.69, 9.17) is 18.6 Å². The number of hydrogen-bond donors (Lipinski definition) is 0. The first-order valence-electron chi connectivity index (χ1n) is 7.33. The molecule has 5 heteroatoms. The molecule has 2 aromatic carbocycles. The van der Waals surface area contributed by atoms with E-state index in [1.165, 1.54) is 7.11 Å². The van der Waals surface area contributed by atoms with Crippen LogP contribution in [0.15, 0.2) is 51.9 Å². The summed E-state index contributed by atoms with van der Waals surface area (Å²) in [5.41, 5.74) is 1.78. The first kappa shape index (κ1) is 12.6. The second-order valence-electron chi connectivity index (χ2n) is 5.60. The van der Waals surface area contributed by atoms with E-state index in [2.05, 4.69) is 0 Å². The number of rotatable bonds is 1. The maximum atomic E-state index is 12.9. The lowest BCUT2D eigenvalue weighted by atomic mass is 9.97. The first-order chi connectivity index (χ1) is 11.3. The molecule has 2 unspecified atom stereocenters. The van der Waals surface area contributed by atoms with Crippen molar-refractivity contribution in [3.05, 3.63) is 58.5 Å². The number of benzene rings is 2. The normalized spacial score (nSPS) is 21.1. The molecule has 0 saturated heterocycles. The van der Waals surface area contributed by atoms with Gasteiger partial charge in [-0.25, -0.2) is 0 Å². The molecule has 3 heterocycles. The maximum absolute atomic E-state index is 12.9.